The molecular formula is C9H6F12O3. The summed E-state index contributed by atoms with van der Waals surface area (Å²) in [4.78, 5) is 0. The van der Waals surface area contributed by atoms with Gasteiger partial charge >= 0.3 is 36.3 Å². The lowest BCUT2D eigenvalue weighted by Crippen LogP contribution is -2.66. The van der Waals surface area contributed by atoms with Crippen molar-refractivity contribution in [1.29, 1.82) is 0 Å². The van der Waals surface area contributed by atoms with Crippen molar-refractivity contribution >= 4 is 0 Å². The fraction of sp³-hybridized carbons (Fsp3) is 0.778. The molecule has 2 unspecified atom stereocenters. The van der Waals surface area contributed by atoms with Gasteiger partial charge < -0.3 is 9.47 Å². The lowest BCUT2D eigenvalue weighted by molar-refractivity contribution is -0.539. The Morgan fingerprint density at radius 1 is 0.667 bits per heavy atom. The summed E-state index contributed by atoms with van der Waals surface area (Å²) >= 11 is 0. The Morgan fingerprint density at radius 2 is 1.04 bits per heavy atom. The predicted octanol–water partition coefficient (Wildman–Crippen LogP) is 4.45. The van der Waals surface area contributed by atoms with Crippen LogP contribution in [0.25, 0.3) is 0 Å². The van der Waals surface area contributed by atoms with Gasteiger partial charge in [0.25, 0.3) is 0 Å². The number of hydrogen-bond donors (Lipinski definition) is 0. The summed E-state index contributed by atoms with van der Waals surface area (Å²) in [5, 5.41) is 0. The highest BCUT2D eigenvalue weighted by molar-refractivity contribution is 4.94. The smallest absolute Gasteiger partial charge is 0.437 e. The van der Waals surface area contributed by atoms with E-state index in [4.69, 9.17) is 0 Å². The average molecular weight is 390 g/mol. The van der Waals surface area contributed by atoms with Crippen LogP contribution < -0.4 is 0 Å². The van der Waals surface area contributed by atoms with Crippen molar-refractivity contribution in [2.24, 2.45) is 0 Å². The second-order valence-corrected chi connectivity index (χ2v) is 3.81. The summed E-state index contributed by atoms with van der Waals surface area (Å²) in [5.74, 6) is -13.3. The second kappa shape index (κ2) is 6.16. The molecule has 0 amide bonds. The Morgan fingerprint density at radius 3 is 1.29 bits per heavy atom. The third kappa shape index (κ3) is 3.50. The van der Waals surface area contributed by atoms with E-state index in [0.717, 1.165) is 0 Å². The van der Waals surface area contributed by atoms with Crippen molar-refractivity contribution < 1.29 is 66.9 Å². The molecule has 3 nitrogen and oxygen atoms in total. The Hall–Kier alpha value is -1.38. The molecule has 15 heteroatoms. The van der Waals surface area contributed by atoms with Gasteiger partial charge in [-0.05, 0) is 0 Å². The lowest BCUT2D eigenvalue weighted by atomic mass is 10.2. The van der Waals surface area contributed by atoms with E-state index in [0.29, 0.717) is 0 Å². The fourth-order valence-electron chi connectivity index (χ4n) is 1.10. The molecule has 0 aliphatic heterocycles. The van der Waals surface area contributed by atoms with Crippen LogP contribution in [0.4, 0.5) is 52.7 Å². The van der Waals surface area contributed by atoms with Crippen LogP contribution in [-0.4, -0.2) is 43.4 Å². The molecule has 0 saturated heterocycles. The standard InChI is InChI=1S/C9H6F12O3/c1-3-23-8(18,19)5(11,7(15,16)17)24-9(20,21)4(10,22-2)6(12,13)14/h3H,1H2,2H3. The second-order valence-electron chi connectivity index (χ2n) is 3.81. The van der Waals surface area contributed by atoms with Crippen LogP contribution in [0.2, 0.25) is 0 Å². The molecule has 0 fully saturated rings. The zero-order chi connectivity index (χ0) is 19.8. The maximum Gasteiger partial charge on any atom is 0.468 e. The van der Waals surface area contributed by atoms with Gasteiger partial charge in [0, 0.05) is 7.11 Å². The van der Waals surface area contributed by atoms with Crippen molar-refractivity contribution in [2.75, 3.05) is 7.11 Å². The normalized spacial score (nSPS) is 19.4. The molecule has 0 aromatic heterocycles. The van der Waals surface area contributed by atoms with Crippen molar-refractivity contribution in [3.63, 3.8) is 0 Å². The molecule has 0 saturated carbocycles. The number of ether oxygens (including phenoxy) is 3. The third-order valence-corrected chi connectivity index (χ3v) is 2.26. The van der Waals surface area contributed by atoms with E-state index in [1.807, 2.05) is 4.74 Å². The van der Waals surface area contributed by atoms with Gasteiger partial charge in [-0.15, -0.1) is 0 Å². The largest absolute Gasteiger partial charge is 0.468 e. The number of hydrogen-bond acceptors (Lipinski definition) is 3. The molecule has 0 bridgehead atoms. The SMILES string of the molecule is C=COC(F)(F)C(F)(OC(F)(F)C(F)(OC)C(F)(F)F)C(F)(F)F. The van der Waals surface area contributed by atoms with Gasteiger partial charge in [-0.2, -0.15) is 52.7 Å². The van der Waals surface area contributed by atoms with Gasteiger partial charge in [0.05, 0.1) is 6.26 Å². The molecule has 0 N–H and O–H groups in total. The van der Waals surface area contributed by atoms with Gasteiger partial charge in [-0.1, -0.05) is 6.58 Å². The van der Waals surface area contributed by atoms with Gasteiger partial charge in [0.1, 0.15) is 0 Å². The van der Waals surface area contributed by atoms with Crippen LogP contribution in [0.3, 0.4) is 0 Å². The van der Waals surface area contributed by atoms with Crippen molar-refractivity contribution in [2.45, 2.75) is 36.3 Å². The third-order valence-electron chi connectivity index (χ3n) is 2.26. The van der Waals surface area contributed by atoms with E-state index < -0.39 is 49.7 Å². The fourth-order valence-corrected chi connectivity index (χ4v) is 1.10. The first-order chi connectivity index (χ1) is 10.3. The molecule has 0 rings (SSSR count). The summed E-state index contributed by atoms with van der Waals surface area (Å²) in [6.07, 6.45) is -27.7. The lowest BCUT2D eigenvalue weighted by Gasteiger charge is -2.39. The molecule has 0 spiro atoms. The minimum atomic E-state index is -7.09. The van der Waals surface area contributed by atoms with Crippen LogP contribution in [-0.2, 0) is 14.2 Å². The van der Waals surface area contributed by atoms with Crippen molar-refractivity contribution in [3.05, 3.63) is 12.8 Å². The van der Waals surface area contributed by atoms with E-state index in [-0.39, 0.29) is 0 Å². The van der Waals surface area contributed by atoms with E-state index in [2.05, 4.69) is 16.1 Å². The van der Waals surface area contributed by atoms with Gasteiger partial charge in [0.15, 0.2) is 0 Å². The molecule has 0 aromatic carbocycles. The van der Waals surface area contributed by atoms with Crippen LogP contribution in [0.1, 0.15) is 0 Å². The Balaban J connectivity index is 6.21. The first-order valence-corrected chi connectivity index (χ1v) is 5.14. The summed E-state index contributed by atoms with van der Waals surface area (Å²) in [6.45, 7) is 2.28. The van der Waals surface area contributed by atoms with Crippen LogP contribution in [0.5, 0.6) is 0 Å². The highest BCUT2D eigenvalue weighted by Gasteiger charge is 2.83. The molecule has 144 valence electrons. The van der Waals surface area contributed by atoms with Crippen LogP contribution in [0, 0.1) is 0 Å². The van der Waals surface area contributed by atoms with Gasteiger partial charge in [-0.25, -0.2) is 0 Å². The summed E-state index contributed by atoms with van der Waals surface area (Å²) in [5.41, 5.74) is 0. The van der Waals surface area contributed by atoms with Crippen LogP contribution >= 0.6 is 0 Å². The topological polar surface area (TPSA) is 27.7 Å². The Bertz CT molecular complexity index is 458. The molecule has 0 aliphatic rings. The van der Waals surface area contributed by atoms with Crippen LogP contribution in [0.15, 0.2) is 12.8 Å². The molecule has 24 heavy (non-hydrogen) atoms. The minimum absolute atomic E-state index is 0.406. The highest BCUT2D eigenvalue weighted by atomic mass is 19.4. The molecule has 0 aliphatic carbocycles. The van der Waals surface area contributed by atoms with Crippen molar-refractivity contribution in [3.8, 4) is 0 Å². The summed E-state index contributed by atoms with van der Waals surface area (Å²) < 4.78 is 160. The van der Waals surface area contributed by atoms with Crippen molar-refractivity contribution in [1.82, 2.24) is 0 Å². The van der Waals surface area contributed by atoms with E-state index >= 15 is 0 Å². The summed E-state index contributed by atoms with van der Waals surface area (Å²) in [6, 6.07) is 0. The summed E-state index contributed by atoms with van der Waals surface area (Å²) in [7, 11) is -0.406. The Kier molecular flexibility index (Phi) is 5.81. The molecule has 0 heterocycles. The number of alkyl halides is 12. The highest BCUT2D eigenvalue weighted by Crippen LogP contribution is 2.54. The first kappa shape index (κ1) is 22.6. The zero-order valence-electron chi connectivity index (χ0n) is 11.0. The first-order valence-electron chi connectivity index (χ1n) is 5.14. The quantitative estimate of drug-likeness (QED) is 0.475. The van der Waals surface area contributed by atoms with Gasteiger partial charge in [-0.3, -0.25) is 4.74 Å². The van der Waals surface area contributed by atoms with Gasteiger partial charge in [0.2, 0.25) is 0 Å². The average Bonchev–Trinajstić information content (AvgIpc) is 2.33. The van der Waals surface area contributed by atoms with E-state index in [1.165, 1.54) is 0 Å². The maximum absolute atomic E-state index is 13.5. The molecular weight excluding hydrogens is 384 g/mol. The number of rotatable bonds is 7. The molecule has 0 radical (unpaired) electrons. The minimum Gasteiger partial charge on any atom is -0.437 e. The van der Waals surface area contributed by atoms with E-state index in [9.17, 15) is 52.7 Å². The predicted molar refractivity (Wildman–Crippen MR) is 49.1 cm³/mol. The number of methoxy groups -OCH3 is 1. The number of halogens is 12. The van der Waals surface area contributed by atoms with E-state index in [1.54, 1.807) is 0 Å². The Labute approximate surface area is 124 Å². The molecule has 2 atom stereocenters. The molecule has 0 aromatic rings. The maximum atomic E-state index is 13.5. The zero-order valence-corrected chi connectivity index (χ0v) is 11.0. The monoisotopic (exact) mass is 390 g/mol.